The Labute approximate surface area is 92.1 Å². The van der Waals surface area contributed by atoms with Crippen molar-refractivity contribution in [1.29, 1.82) is 0 Å². The molecule has 1 heterocycles. The molecule has 84 valence electrons. The zero-order valence-corrected chi connectivity index (χ0v) is 9.05. The van der Waals surface area contributed by atoms with Gasteiger partial charge in [-0.3, -0.25) is 0 Å². The first-order valence-corrected chi connectivity index (χ1v) is 4.93. The number of aromatic nitrogens is 4. The standard InChI is InChI=1S/C10H12FN5/c1-6(2)10-13-14-15-16(10)9-5-7(12)3-4-8(9)11/h3-6H,12H2,1-2H3. The Bertz CT molecular complexity index is 506. The van der Waals surface area contributed by atoms with Crippen LogP contribution in [0.15, 0.2) is 18.2 Å². The Morgan fingerprint density at radius 1 is 1.38 bits per heavy atom. The minimum absolute atomic E-state index is 0.107. The number of halogens is 1. The minimum atomic E-state index is -0.400. The lowest BCUT2D eigenvalue weighted by Gasteiger charge is -2.08. The van der Waals surface area contributed by atoms with Gasteiger partial charge in [0.15, 0.2) is 5.82 Å². The second kappa shape index (κ2) is 3.88. The number of rotatable bonds is 2. The maximum atomic E-state index is 13.6. The number of nitrogens with zero attached hydrogens (tertiary/aromatic N) is 4. The molecule has 1 aromatic carbocycles. The van der Waals surface area contributed by atoms with E-state index in [1.54, 1.807) is 0 Å². The van der Waals surface area contributed by atoms with Crippen LogP contribution in [0.5, 0.6) is 0 Å². The smallest absolute Gasteiger partial charge is 0.159 e. The van der Waals surface area contributed by atoms with E-state index < -0.39 is 5.82 Å². The fourth-order valence-electron chi connectivity index (χ4n) is 1.42. The van der Waals surface area contributed by atoms with E-state index in [9.17, 15) is 4.39 Å². The summed E-state index contributed by atoms with van der Waals surface area (Å²) < 4.78 is 15.0. The van der Waals surface area contributed by atoms with E-state index in [4.69, 9.17) is 5.73 Å². The van der Waals surface area contributed by atoms with Crippen molar-refractivity contribution in [2.45, 2.75) is 19.8 Å². The summed E-state index contributed by atoms with van der Waals surface area (Å²) >= 11 is 0. The molecule has 0 radical (unpaired) electrons. The topological polar surface area (TPSA) is 69.6 Å². The fraction of sp³-hybridized carbons (Fsp3) is 0.300. The van der Waals surface area contributed by atoms with Crippen LogP contribution in [0.1, 0.15) is 25.6 Å². The van der Waals surface area contributed by atoms with Gasteiger partial charge < -0.3 is 5.73 Å². The molecule has 0 aliphatic heterocycles. The molecule has 0 bridgehead atoms. The summed E-state index contributed by atoms with van der Waals surface area (Å²) in [5.74, 6) is 0.309. The van der Waals surface area contributed by atoms with Crippen molar-refractivity contribution in [2.75, 3.05) is 5.73 Å². The highest BCUT2D eigenvalue weighted by Gasteiger charge is 2.14. The van der Waals surface area contributed by atoms with Gasteiger partial charge in [-0.15, -0.1) is 5.10 Å². The van der Waals surface area contributed by atoms with Gasteiger partial charge in [0, 0.05) is 11.6 Å². The zero-order chi connectivity index (χ0) is 11.7. The molecule has 2 N–H and O–H groups in total. The second-order valence-electron chi connectivity index (χ2n) is 3.81. The van der Waals surface area contributed by atoms with Crippen LogP contribution in [-0.2, 0) is 0 Å². The number of nitrogens with two attached hydrogens (primary N) is 1. The summed E-state index contributed by atoms with van der Waals surface area (Å²) in [6, 6.07) is 4.31. The normalized spacial score (nSPS) is 11.0. The summed E-state index contributed by atoms with van der Waals surface area (Å²) in [5, 5.41) is 11.2. The van der Waals surface area contributed by atoms with Crippen molar-refractivity contribution >= 4 is 5.69 Å². The number of benzene rings is 1. The molecule has 2 rings (SSSR count). The first kappa shape index (κ1) is 10.5. The van der Waals surface area contributed by atoms with Gasteiger partial charge in [0.1, 0.15) is 11.5 Å². The van der Waals surface area contributed by atoms with Crippen LogP contribution in [0, 0.1) is 5.82 Å². The minimum Gasteiger partial charge on any atom is -0.399 e. The molecule has 0 saturated carbocycles. The van der Waals surface area contributed by atoms with Crippen LogP contribution in [0.3, 0.4) is 0 Å². The highest BCUT2D eigenvalue weighted by molar-refractivity contribution is 5.48. The average molecular weight is 221 g/mol. The molecule has 0 aliphatic carbocycles. The van der Waals surface area contributed by atoms with Crippen molar-refractivity contribution in [3.8, 4) is 5.69 Å². The average Bonchev–Trinajstić information content (AvgIpc) is 2.70. The Kier molecular flexibility index (Phi) is 2.55. The first-order valence-electron chi connectivity index (χ1n) is 4.93. The first-order chi connectivity index (χ1) is 7.59. The van der Waals surface area contributed by atoms with Gasteiger partial charge in [0.05, 0.1) is 0 Å². The Morgan fingerprint density at radius 2 is 2.12 bits per heavy atom. The van der Waals surface area contributed by atoms with Crippen molar-refractivity contribution in [2.24, 2.45) is 0 Å². The third-order valence-electron chi connectivity index (χ3n) is 2.21. The molecular weight excluding hydrogens is 209 g/mol. The van der Waals surface area contributed by atoms with Crippen molar-refractivity contribution in [3.05, 3.63) is 29.8 Å². The van der Waals surface area contributed by atoms with Crippen LogP contribution in [0.4, 0.5) is 10.1 Å². The molecule has 5 nitrogen and oxygen atoms in total. The van der Waals surface area contributed by atoms with Crippen LogP contribution in [-0.4, -0.2) is 20.2 Å². The van der Waals surface area contributed by atoms with E-state index in [0.717, 1.165) is 0 Å². The third kappa shape index (κ3) is 1.73. The lowest BCUT2D eigenvalue weighted by molar-refractivity contribution is 0.598. The van der Waals surface area contributed by atoms with Crippen molar-refractivity contribution in [1.82, 2.24) is 20.2 Å². The second-order valence-corrected chi connectivity index (χ2v) is 3.81. The Morgan fingerprint density at radius 3 is 2.81 bits per heavy atom. The highest BCUT2D eigenvalue weighted by Crippen LogP contribution is 2.19. The largest absolute Gasteiger partial charge is 0.399 e. The zero-order valence-electron chi connectivity index (χ0n) is 9.05. The van der Waals surface area contributed by atoms with Crippen LogP contribution < -0.4 is 5.73 Å². The number of tetrazole rings is 1. The van der Waals surface area contributed by atoms with Crippen LogP contribution >= 0.6 is 0 Å². The molecule has 16 heavy (non-hydrogen) atoms. The molecule has 0 aliphatic rings. The van der Waals surface area contributed by atoms with Gasteiger partial charge in [-0.05, 0) is 28.6 Å². The molecule has 1 aromatic heterocycles. The summed E-state index contributed by atoms with van der Waals surface area (Å²) in [7, 11) is 0. The third-order valence-corrected chi connectivity index (χ3v) is 2.21. The quantitative estimate of drug-likeness (QED) is 0.780. The molecule has 0 spiro atoms. The molecule has 0 fully saturated rings. The van der Waals surface area contributed by atoms with E-state index in [1.807, 2.05) is 13.8 Å². The predicted octanol–water partition coefficient (Wildman–Crippen LogP) is 1.51. The van der Waals surface area contributed by atoms with Gasteiger partial charge in [-0.2, -0.15) is 4.68 Å². The van der Waals surface area contributed by atoms with Crippen molar-refractivity contribution < 1.29 is 4.39 Å². The summed E-state index contributed by atoms with van der Waals surface area (Å²) in [4.78, 5) is 0. The summed E-state index contributed by atoms with van der Waals surface area (Å²) in [5.41, 5.74) is 6.36. The maximum absolute atomic E-state index is 13.6. The monoisotopic (exact) mass is 221 g/mol. The van der Waals surface area contributed by atoms with E-state index in [0.29, 0.717) is 11.5 Å². The fourth-order valence-corrected chi connectivity index (χ4v) is 1.42. The molecule has 6 heteroatoms. The number of anilines is 1. The van der Waals surface area contributed by atoms with E-state index in [2.05, 4.69) is 15.5 Å². The maximum Gasteiger partial charge on any atom is 0.159 e. The van der Waals surface area contributed by atoms with Crippen LogP contribution in [0.25, 0.3) is 5.69 Å². The molecular formula is C10H12FN5. The van der Waals surface area contributed by atoms with E-state index in [1.165, 1.54) is 22.9 Å². The van der Waals surface area contributed by atoms with Crippen LogP contribution in [0.2, 0.25) is 0 Å². The molecule has 0 atom stereocenters. The SMILES string of the molecule is CC(C)c1nnnn1-c1cc(N)ccc1F. The Balaban J connectivity index is 2.58. The number of hydrogen-bond acceptors (Lipinski definition) is 4. The molecule has 0 amide bonds. The predicted molar refractivity (Wildman–Crippen MR) is 57.6 cm³/mol. The van der Waals surface area contributed by atoms with E-state index >= 15 is 0 Å². The number of nitrogen functional groups attached to an aromatic ring is 1. The summed E-state index contributed by atoms with van der Waals surface area (Å²) in [6.45, 7) is 3.87. The lowest BCUT2D eigenvalue weighted by Crippen LogP contribution is -2.07. The van der Waals surface area contributed by atoms with Gasteiger partial charge in [0.25, 0.3) is 0 Å². The lowest BCUT2D eigenvalue weighted by atomic mass is 10.2. The number of hydrogen-bond donors (Lipinski definition) is 1. The van der Waals surface area contributed by atoms with Gasteiger partial charge in [-0.1, -0.05) is 13.8 Å². The molecule has 2 aromatic rings. The van der Waals surface area contributed by atoms with Gasteiger partial charge in [0.2, 0.25) is 0 Å². The highest BCUT2D eigenvalue weighted by atomic mass is 19.1. The summed E-state index contributed by atoms with van der Waals surface area (Å²) in [6.07, 6.45) is 0. The molecule has 0 unspecified atom stereocenters. The van der Waals surface area contributed by atoms with Gasteiger partial charge >= 0.3 is 0 Å². The Hall–Kier alpha value is -1.98. The molecule has 0 saturated heterocycles. The van der Waals surface area contributed by atoms with E-state index in [-0.39, 0.29) is 11.6 Å². The van der Waals surface area contributed by atoms with Gasteiger partial charge in [-0.25, -0.2) is 4.39 Å². The van der Waals surface area contributed by atoms with Crippen molar-refractivity contribution in [3.63, 3.8) is 0 Å².